The molecule has 0 saturated carbocycles. The van der Waals surface area contributed by atoms with Crippen LogP contribution < -0.4 is 0 Å². The van der Waals surface area contributed by atoms with Gasteiger partial charge in [-0.3, -0.25) is 4.98 Å². The average Bonchev–Trinajstić information content (AvgIpc) is 2.32. The molecule has 0 amide bonds. The molecule has 0 N–H and O–H groups in total. The molecule has 0 unspecified atom stereocenters. The fourth-order valence-electron chi connectivity index (χ4n) is 1.20. The fourth-order valence-corrected chi connectivity index (χ4v) is 1.54. The molecule has 0 radical (unpaired) electrons. The van der Waals surface area contributed by atoms with E-state index < -0.39 is 0 Å². The number of aromatic nitrogens is 1. The summed E-state index contributed by atoms with van der Waals surface area (Å²) in [4.78, 5) is 6.21. The highest BCUT2D eigenvalue weighted by molar-refractivity contribution is 6.30. The van der Waals surface area contributed by atoms with Crippen molar-refractivity contribution in [1.29, 1.82) is 0 Å². The number of alkyl halides is 1. The molecule has 2 nitrogen and oxygen atoms in total. The summed E-state index contributed by atoms with van der Waals surface area (Å²) in [7, 11) is 0. The number of pyridine rings is 1. The Balaban J connectivity index is 0.000000293. The Kier molecular flexibility index (Phi) is 9.69. The maximum atomic E-state index is 5.60. The first kappa shape index (κ1) is 15.7. The van der Waals surface area contributed by atoms with E-state index in [1.54, 1.807) is 18.5 Å². The number of hydrogen-bond acceptors (Lipinski definition) is 2. The van der Waals surface area contributed by atoms with Crippen LogP contribution in [0.3, 0.4) is 0 Å². The third-order valence-corrected chi connectivity index (χ3v) is 2.77. The second-order valence-electron chi connectivity index (χ2n) is 3.26. The van der Waals surface area contributed by atoms with Gasteiger partial charge in [-0.15, -0.1) is 11.6 Å². The van der Waals surface area contributed by atoms with Crippen LogP contribution in [0.1, 0.15) is 26.3 Å². The quantitative estimate of drug-likeness (QED) is 0.768. The van der Waals surface area contributed by atoms with Gasteiger partial charge in [0.2, 0.25) is 0 Å². The number of hydrogen-bond donors (Lipinski definition) is 0. The van der Waals surface area contributed by atoms with E-state index in [0.717, 1.165) is 5.56 Å². The summed E-state index contributed by atoms with van der Waals surface area (Å²) in [5, 5.41) is 0.633. The Bertz CT molecular complexity index is 270. The van der Waals surface area contributed by atoms with Gasteiger partial charge in [0.15, 0.2) is 0 Å². The topological polar surface area (TPSA) is 16.1 Å². The van der Waals surface area contributed by atoms with Gasteiger partial charge in [-0.1, -0.05) is 32.4 Å². The van der Waals surface area contributed by atoms with Crippen LogP contribution in [0.25, 0.3) is 0 Å². The maximum absolute atomic E-state index is 5.60. The second kappa shape index (κ2) is 9.88. The van der Waals surface area contributed by atoms with Crippen LogP contribution in [0.2, 0.25) is 5.02 Å². The number of nitrogens with zero attached hydrogens (tertiary/aromatic N) is 2. The van der Waals surface area contributed by atoms with Crippen molar-refractivity contribution >= 4 is 23.2 Å². The van der Waals surface area contributed by atoms with Crippen LogP contribution in [-0.2, 0) is 5.88 Å². The van der Waals surface area contributed by atoms with Gasteiger partial charge in [-0.05, 0) is 31.3 Å². The van der Waals surface area contributed by atoms with E-state index in [-0.39, 0.29) is 0 Å². The van der Waals surface area contributed by atoms with Gasteiger partial charge >= 0.3 is 0 Å². The first-order valence-electron chi connectivity index (χ1n) is 5.55. The molecule has 1 rings (SSSR count). The summed E-state index contributed by atoms with van der Waals surface area (Å²) in [5.41, 5.74) is 0.948. The Hall–Kier alpha value is -0.310. The minimum Gasteiger partial charge on any atom is -0.304 e. The Morgan fingerprint density at radius 1 is 1.12 bits per heavy atom. The minimum atomic E-state index is 0.466. The number of halogens is 2. The van der Waals surface area contributed by atoms with E-state index in [1.807, 2.05) is 0 Å². The molecule has 0 bridgehead atoms. The molecule has 0 spiro atoms. The SMILES string of the molecule is CCN(CC)CC.ClCc1cncc(Cl)c1. The summed E-state index contributed by atoms with van der Waals surface area (Å²) in [6, 6.07) is 1.79. The molecule has 0 aliphatic carbocycles. The van der Waals surface area contributed by atoms with Crippen LogP contribution in [0.15, 0.2) is 18.5 Å². The fraction of sp³-hybridized carbons (Fsp3) is 0.583. The van der Waals surface area contributed by atoms with E-state index in [4.69, 9.17) is 23.2 Å². The van der Waals surface area contributed by atoms with Gasteiger partial charge in [0.25, 0.3) is 0 Å². The molecule has 0 fully saturated rings. The van der Waals surface area contributed by atoms with Crippen LogP contribution in [0.4, 0.5) is 0 Å². The molecule has 92 valence electrons. The predicted molar refractivity (Wildman–Crippen MR) is 72.3 cm³/mol. The first-order valence-corrected chi connectivity index (χ1v) is 6.46. The van der Waals surface area contributed by atoms with Crippen molar-refractivity contribution < 1.29 is 0 Å². The third-order valence-electron chi connectivity index (χ3n) is 2.26. The molecule has 1 aromatic heterocycles. The molecular formula is C12H20Cl2N2. The minimum absolute atomic E-state index is 0.466. The van der Waals surface area contributed by atoms with Crippen molar-refractivity contribution in [2.24, 2.45) is 0 Å². The van der Waals surface area contributed by atoms with E-state index in [0.29, 0.717) is 10.9 Å². The molecule has 0 atom stereocenters. The number of rotatable bonds is 4. The van der Waals surface area contributed by atoms with Crippen molar-refractivity contribution in [1.82, 2.24) is 9.88 Å². The van der Waals surface area contributed by atoms with Crippen LogP contribution in [-0.4, -0.2) is 29.5 Å². The van der Waals surface area contributed by atoms with Gasteiger partial charge < -0.3 is 4.90 Å². The summed E-state index contributed by atoms with van der Waals surface area (Å²) in [6.45, 7) is 10.1. The maximum Gasteiger partial charge on any atom is 0.0592 e. The Morgan fingerprint density at radius 3 is 1.94 bits per heavy atom. The van der Waals surface area contributed by atoms with Gasteiger partial charge in [0.05, 0.1) is 5.02 Å². The van der Waals surface area contributed by atoms with Gasteiger partial charge in [0.1, 0.15) is 0 Å². The molecule has 4 heteroatoms. The zero-order chi connectivity index (χ0) is 12.4. The largest absolute Gasteiger partial charge is 0.304 e. The lowest BCUT2D eigenvalue weighted by atomic mass is 10.3. The van der Waals surface area contributed by atoms with E-state index in [1.165, 1.54) is 19.6 Å². The lowest BCUT2D eigenvalue weighted by Gasteiger charge is -2.13. The normalized spacial score (nSPS) is 9.88. The predicted octanol–water partition coefficient (Wildman–Crippen LogP) is 3.82. The van der Waals surface area contributed by atoms with Crippen molar-refractivity contribution in [2.45, 2.75) is 26.7 Å². The first-order chi connectivity index (χ1) is 7.67. The van der Waals surface area contributed by atoms with Crippen LogP contribution in [0, 0.1) is 0 Å². The highest BCUT2D eigenvalue weighted by Gasteiger charge is 1.90. The monoisotopic (exact) mass is 262 g/mol. The summed E-state index contributed by atoms with van der Waals surface area (Å²) >= 11 is 11.1. The Morgan fingerprint density at radius 2 is 1.69 bits per heavy atom. The summed E-state index contributed by atoms with van der Waals surface area (Å²) < 4.78 is 0. The van der Waals surface area contributed by atoms with Crippen molar-refractivity contribution in [2.75, 3.05) is 19.6 Å². The zero-order valence-corrected chi connectivity index (χ0v) is 11.7. The smallest absolute Gasteiger partial charge is 0.0592 e. The van der Waals surface area contributed by atoms with Crippen molar-refractivity contribution in [3.05, 3.63) is 29.0 Å². The van der Waals surface area contributed by atoms with E-state index in [2.05, 4.69) is 30.7 Å². The zero-order valence-electron chi connectivity index (χ0n) is 10.2. The van der Waals surface area contributed by atoms with Crippen LogP contribution in [0.5, 0.6) is 0 Å². The lowest BCUT2D eigenvalue weighted by molar-refractivity contribution is 0.321. The second-order valence-corrected chi connectivity index (χ2v) is 3.97. The van der Waals surface area contributed by atoms with E-state index in [9.17, 15) is 0 Å². The van der Waals surface area contributed by atoms with Crippen molar-refractivity contribution in [3.8, 4) is 0 Å². The third kappa shape index (κ3) is 7.04. The van der Waals surface area contributed by atoms with Crippen LogP contribution >= 0.6 is 23.2 Å². The van der Waals surface area contributed by atoms with E-state index >= 15 is 0 Å². The molecule has 1 aromatic rings. The molecular weight excluding hydrogens is 243 g/mol. The lowest BCUT2D eigenvalue weighted by Crippen LogP contribution is -2.21. The van der Waals surface area contributed by atoms with Gasteiger partial charge in [-0.25, -0.2) is 0 Å². The standard InChI is InChI=1S/C6H5Cl2N.C6H15N/c7-2-5-1-6(8)4-9-3-5;1-4-7(5-2)6-3/h1,3-4H,2H2;4-6H2,1-3H3. The molecule has 0 aliphatic rings. The molecule has 1 heterocycles. The Labute approximate surface area is 109 Å². The molecule has 0 aliphatic heterocycles. The average molecular weight is 263 g/mol. The van der Waals surface area contributed by atoms with Gasteiger partial charge in [-0.2, -0.15) is 0 Å². The molecule has 0 saturated heterocycles. The van der Waals surface area contributed by atoms with Crippen molar-refractivity contribution in [3.63, 3.8) is 0 Å². The van der Waals surface area contributed by atoms with Gasteiger partial charge in [0, 0.05) is 18.3 Å². The summed E-state index contributed by atoms with van der Waals surface area (Å²) in [6.07, 6.45) is 3.27. The highest BCUT2D eigenvalue weighted by atomic mass is 35.5. The summed E-state index contributed by atoms with van der Waals surface area (Å²) in [5.74, 6) is 0.466. The molecule has 0 aromatic carbocycles. The highest BCUT2D eigenvalue weighted by Crippen LogP contribution is 2.09. The molecule has 16 heavy (non-hydrogen) atoms.